The molecule has 0 bridgehead atoms. The van der Waals surface area contributed by atoms with E-state index < -0.39 is 0 Å². The molecule has 0 saturated carbocycles. The molecule has 0 amide bonds. The molecule has 4 aromatic carbocycles. The summed E-state index contributed by atoms with van der Waals surface area (Å²) in [6, 6.07) is 33.4. The third-order valence-electron chi connectivity index (χ3n) is 4.82. The number of nitrogens with zero attached hydrogens (tertiary/aromatic N) is 2. The van der Waals surface area contributed by atoms with Crippen molar-refractivity contribution in [1.82, 2.24) is 9.97 Å². The van der Waals surface area contributed by atoms with Crippen molar-refractivity contribution in [2.24, 2.45) is 0 Å². The average molecular weight is 389 g/mol. The van der Waals surface area contributed by atoms with Gasteiger partial charge in [-0.15, -0.1) is 0 Å². The highest BCUT2D eigenvalue weighted by Gasteiger charge is 2.13. The number of anilines is 1. The molecule has 144 valence electrons. The van der Waals surface area contributed by atoms with Gasteiger partial charge in [0.2, 0.25) is 0 Å². The molecule has 0 fully saturated rings. The predicted molar refractivity (Wildman–Crippen MR) is 121 cm³/mol. The zero-order chi connectivity index (χ0) is 20.3. The molecule has 1 heterocycles. The highest BCUT2D eigenvalue weighted by atomic mass is 16.5. The van der Waals surface area contributed by atoms with E-state index in [9.17, 15) is 0 Å². The SMILES string of the molecule is Nc1cccc(Oc2ccc3nc(-c4ccccc4)c(-c4ccccc4)nc3c2)c1. The van der Waals surface area contributed by atoms with Crippen LogP contribution in [0.2, 0.25) is 0 Å². The van der Waals surface area contributed by atoms with Crippen molar-refractivity contribution >= 4 is 16.7 Å². The first-order valence-electron chi connectivity index (χ1n) is 9.72. The number of rotatable bonds is 4. The fraction of sp³-hybridized carbons (Fsp3) is 0. The normalized spacial score (nSPS) is 10.8. The summed E-state index contributed by atoms with van der Waals surface area (Å²) in [7, 11) is 0. The summed E-state index contributed by atoms with van der Waals surface area (Å²) < 4.78 is 5.98. The summed E-state index contributed by atoms with van der Waals surface area (Å²) >= 11 is 0. The van der Waals surface area contributed by atoms with Crippen LogP contribution in [-0.4, -0.2) is 9.97 Å². The molecule has 2 N–H and O–H groups in total. The molecule has 5 aromatic rings. The monoisotopic (exact) mass is 389 g/mol. The van der Waals surface area contributed by atoms with Gasteiger partial charge in [0.25, 0.3) is 0 Å². The Morgan fingerprint density at radius 2 is 1.13 bits per heavy atom. The Balaban J connectivity index is 1.64. The molecule has 4 nitrogen and oxygen atoms in total. The van der Waals surface area contributed by atoms with E-state index in [1.807, 2.05) is 72.8 Å². The van der Waals surface area contributed by atoms with Crippen LogP contribution in [0.1, 0.15) is 0 Å². The van der Waals surface area contributed by atoms with Gasteiger partial charge >= 0.3 is 0 Å². The second-order valence-electron chi connectivity index (χ2n) is 6.98. The quantitative estimate of drug-likeness (QED) is 0.364. The summed E-state index contributed by atoms with van der Waals surface area (Å²) in [6.07, 6.45) is 0. The van der Waals surface area contributed by atoms with E-state index in [1.54, 1.807) is 6.07 Å². The van der Waals surface area contributed by atoms with E-state index >= 15 is 0 Å². The van der Waals surface area contributed by atoms with Crippen LogP contribution in [-0.2, 0) is 0 Å². The molecule has 0 radical (unpaired) electrons. The number of ether oxygens (including phenoxy) is 1. The van der Waals surface area contributed by atoms with Gasteiger partial charge in [0.1, 0.15) is 11.5 Å². The third kappa shape index (κ3) is 3.59. The van der Waals surface area contributed by atoms with Crippen molar-refractivity contribution in [3.05, 3.63) is 103 Å². The fourth-order valence-corrected chi connectivity index (χ4v) is 3.41. The van der Waals surface area contributed by atoms with Crippen LogP contribution in [0.3, 0.4) is 0 Å². The van der Waals surface area contributed by atoms with Crippen LogP contribution in [0, 0.1) is 0 Å². The van der Waals surface area contributed by atoms with E-state index in [0.717, 1.165) is 33.5 Å². The van der Waals surface area contributed by atoms with Gasteiger partial charge in [-0.3, -0.25) is 0 Å². The van der Waals surface area contributed by atoms with Crippen molar-refractivity contribution < 1.29 is 4.74 Å². The van der Waals surface area contributed by atoms with Crippen molar-refractivity contribution in [1.29, 1.82) is 0 Å². The first-order valence-corrected chi connectivity index (χ1v) is 9.72. The standard InChI is InChI=1S/C26H19N3O/c27-20-12-7-13-21(16-20)30-22-14-15-23-24(17-22)29-26(19-10-5-2-6-11-19)25(28-23)18-8-3-1-4-9-18/h1-17H,27H2. The van der Waals surface area contributed by atoms with Gasteiger partial charge in [-0.25, -0.2) is 9.97 Å². The van der Waals surface area contributed by atoms with Crippen molar-refractivity contribution in [3.63, 3.8) is 0 Å². The number of nitrogen functional groups attached to an aromatic ring is 1. The Morgan fingerprint density at radius 3 is 1.77 bits per heavy atom. The Bertz CT molecular complexity index is 1320. The summed E-state index contributed by atoms with van der Waals surface area (Å²) in [4.78, 5) is 9.92. The van der Waals surface area contributed by atoms with Gasteiger partial charge in [0.05, 0.1) is 22.4 Å². The number of hydrogen-bond acceptors (Lipinski definition) is 4. The van der Waals surface area contributed by atoms with Crippen molar-refractivity contribution in [2.75, 3.05) is 5.73 Å². The van der Waals surface area contributed by atoms with Gasteiger partial charge < -0.3 is 10.5 Å². The molecule has 0 unspecified atom stereocenters. The van der Waals surface area contributed by atoms with E-state index in [4.69, 9.17) is 20.4 Å². The zero-order valence-corrected chi connectivity index (χ0v) is 16.2. The molecule has 0 spiro atoms. The van der Waals surface area contributed by atoms with Crippen molar-refractivity contribution in [3.8, 4) is 34.0 Å². The van der Waals surface area contributed by atoms with Crippen molar-refractivity contribution in [2.45, 2.75) is 0 Å². The summed E-state index contributed by atoms with van der Waals surface area (Å²) in [6.45, 7) is 0. The lowest BCUT2D eigenvalue weighted by Crippen LogP contribution is -1.96. The first kappa shape index (κ1) is 17.9. The number of hydrogen-bond donors (Lipinski definition) is 1. The summed E-state index contributed by atoms with van der Waals surface area (Å²) in [5.41, 5.74) is 11.9. The van der Waals surface area contributed by atoms with E-state index in [0.29, 0.717) is 17.2 Å². The van der Waals surface area contributed by atoms with Gasteiger partial charge in [-0.1, -0.05) is 66.7 Å². The predicted octanol–water partition coefficient (Wildman–Crippen LogP) is 6.34. The highest BCUT2D eigenvalue weighted by Crippen LogP contribution is 2.32. The van der Waals surface area contributed by atoms with Crippen LogP contribution in [0.4, 0.5) is 5.69 Å². The first-order chi connectivity index (χ1) is 14.8. The van der Waals surface area contributed by atoms with Crippen LogP contribution in [0.5, 0.6) is 11.5 Å². The number of nitrogens with two attached hydrogens (primary N) is 1. The maximum Gasteiger partial charge on any atom is 0.129 e. The van der Waals surface area contributed by atoms with Crippen LogP contribution in [0.15, 0.2) is 103 Å². The second kappa shape index (κ2) is 7.68. The van der Waals surface area contributed by atoms with Crippen LogP contribution in [0.25, 0.3) is 33.5 Å². The maximum atomic E-state index is 5.98. The van der Waals surface area contributed by atoms with E-state index in [-0.39, 0.29) is 0 Å². The number of fused-ring (bicyclic) bond motifs is 1. The molecule has 4 heteroatoms. The minimum Gasteiger partial charge on any atom is -0.457 e. The van der Waals surface area contributed by atoms with Gasteiger partial charge in [-0.05, 0) is 24.3 Å². The summed E-state index contributed by atoms with van der Waals surface area (Å²) in [5, 5.41) is 0. The van der Waals surface area contributed by atoms with Crippen LogP contribution < -0.4 is 10.5 Å². The second-order valence-corrected chi connectivity index (χ2v) is 6.98. The third-order valence-corrected chi connectivity index (χ3v) is 4.82. The van der Waals surface area contributed by atoms with Crippen LogP contribution >= 0.6 is 0 Å². The Hall–Kier alpha value is -4.18. The smallest absolute Gasteiger partial charge is 0.129 e. The molecule has 0 aliphatic rings. The Morgan fingerprint density at radius 1 is 0.533 bits per heavy atom. The molecule has 0 atom stereocenters. The Labute approximate surface area is 174 Å². The minimum atomic E-state index is 0.659. The largest absolute Gasteiger partial charge is 0.457 e. The minimum absolute atomic E-state index is 0.659. The summed E-state index contributed by atoms with van der Waals surface area (Å²) in [5.74, 6) is 1.38. The zero-order valence-electron chi connectivity index (χ0n) is 16.2. The molecule has 1 aromatic heterocycles. The van der Waals surface area contributed by atoms with E-state index in [2.05, 4.69) is 24.3 Å². The lowest BCUT2D eigenvalue weighted by molar-refractivity contribution is 0.483. The molecule has 30 heavy (non-hydrogen) atoms. The van der Waals surface area contributed by atoms with Gasteiger partial charge in [0.15, 0.2) is 0 Å². The lowest BCUT2D eigenvalue weighted by Gasteiger charge is -2.12. The molecule has 5 rings (SSSR count). The molecule has 0 saturated heterocycles. The van der Waals surface area contributed by atoms with Gasteiger partial charge in [-0.2, -0.15) is 0 Å². The maximum absolute atomic E-state index is 5.98. The van der Waals surface area contributed by atoms with E-state index in [1.165, 1.54) is 0 Å². The average Bonchev–Trinajstić information content (AvgIpc) is 2.79. The molecular weight excluding hydrogens is 370 g/mol. The lowest BCUT2D eigenvalue weighted by atomic mass is 10.0. The Kier molecular flexibility index (Phi) is 4.58. The topological polar surface area (TPSA) is 61.0 Å². The van der Waals surface area contributed by atoms with Gasteiger partial charge in [0, 0.05) is 28.9 Å². The highest BCUT2D eigenvalue weighted by molar-refractivity contribution is 5.86. The molecule has 0 aliphatic heterocycles. The fourth-order valence-electron chi connectivity index (χ4n) is 3.41. The number of aromatic nitrogens is 2. The molecule has 0 aliphatic carbocycles. The molecular formula is C26H19N3O. The number of benzene rings is 4.